The maximum Gasteiger partial charge on any atom is 0.309 e. The second-order valence-corrected chi connectivity index (χ2v) is 7.66. The zero-order valence-electron chi connectivity index (χ0n) is 16.1. The predicted molar refractivity (Wildman–Crippen MR) is 94.7 cm³/mol. The van der Waals surface area contributed by atoms with Crippen LogP contribution < -0.4 is 0 Å². The smallest absolute Gasteiger partial charge is 0.309 e. The summed E-state index contributed by atoms with van der Waals surface area (Å²) in [6, 6.07) is 0. The van der Waals surface area contributed by atoms with Gasteiger partial charge >= 0.3 is 23.9 Å². The maximum absolute atomic E-state index is 12.4. The first kappa shape index (κ1) is 20.6. The lowest BCUT2D eigenvalue weighted by molar-refractivity contribution is -0.171. The Labute approximate surface area is 164 Å². The van der Waals surface area contributed by atoms with Crippen LogP contribution in [0.15, 0.2) is 0 Å². The van der Waals surface area contributed by atoms with Gasteiger partial charge in [0.25, 0.3) is 0 Å². The van der Waals surface area contributed by atoms with E-state index in [4.69, 9.17) is 18.9 Å². The Morgan fingerprint density at radius 3 is 0.857 bits per heavy atom. The number of hydrogen-bond donors (Lipinski definition) is 0. The highest BCUT2D eigenvalue weighted by Gasteiger charge is 2.39. The maximum atomic E-state index is 12.4. The Balaban J connectivity index is 1.68. The molecule has 3 rings (SSSR count). The van der Waals surface area contributed by atoms with Gasteiger partial charge in [0.1, 0.15) is 26.4 Å². The van der Waals surface area contributed by atoms with E-state index in [0.717, 1.165) is 25.7 Å². The van der Waals surface area contributed by atoms with Gasteiger partial charge in [0, 0.05) is 0 Å². The molecule has 4 atom stereocenters. The summed E-state index contributed by atoms with van der Waals surface area (Å²) in [7, 11) is 0. The van der Waals surface area contributed by atoms with Crippen LogP contribution in [0.3, 0.4) is 0 Å². The summed E-state index contributed by atoms with van der Waals surface area (Å²) < 4.78 is 21.0. The molecule has 3 aliphatic rings. The Morgan fingerprint density at radius 2 is 0.643 bits per heavy atom. The monoisotopic (exact) mass is 396 g/mol. The first-order chi connectivity index (χ1) is 13.6. The molecule has 0 aromatic carbocycles. The molecule has 0 bridgehead atoms. The fourth-order valence-corrected chi connectivity index (χ4v) is 4.39. The lowest BCUT2D eigenvalue weighted by atomic mass is 9.79. The minimum atomic E-state index is -0.546. The zero-order valence-corrected chi connectivity index (χ0v) is 16.1. The largest absolute Gasteiger partial charge is 0.462 e. The van der Waals surface area contributed by atoms with Crippen LogP contribution >= 0.6 is 0 Å². The highest BCUT2D eigenvalue weighted by Crippen LogP contribution is 2.33. The van der Waals surface area contributed by atoms with Crippen molar-refractivity contribution in [1.29, 1.82) is 0 Å². The molecule has 8 heteroatoms. The topological polar surface area (TPSA) is 105 Å². The number of esters is 4. The van der Waals surface area contributed by atoms with Gasteiger partial charge < -0.3 is 18.9 Å². The fraction of sp³-hybridized carbons (Fsp3) is 0.800. The zero-order chi connectivity index (χ0) is 19.9. The molecule has 3 fully saturated rings. The van der Waals surface area contributed by atoms with E-state index in [2.05, 4.69) is 0 Å². The molecule has 1 heterocycles. The van der Waals surface area contributed by atoms with Gasteiger partial charge in [-0.25, -0.2) is 0 Å². The normalized spacial score (nSPS) is 33.4. The van der Waals surface area contributed by atoms with E-state index in [1.165, 1.54) is 0 Å². The van der Waals surface area contributed by atoms with Crippen LogP contribution in [0.2, 0.25) is 0 Å². The van der Waals surface area contributed by atoms with Crippen molar-refractivity contribution in [3.63, 3.8) is 0 Å². The van der Waals surface area contributed by atoms with Crippen molar-refractivity contribution < 1.29 is 38.1 Å². The highest BCUT2D eigenvalue weighted by atomic mass is 16.6. The van der Waals surface area contributed by atoms with E-state index < -0.39 is 47.5 Å². The van der Waals surface area contributed by atoms with Gasteiger partial charge in [0.2, 0.25) is 0 Å². The molecule has 28 heavy (non-hydrogen) atoms. The SMILES string of the molecule is O=C1OCCOC(=O)C2CCCCC2C(=O)OCCOC(=O)C2CCCCC12. The van der Waals surface area contributed by atoms with Gasteiger partial charge in [-0.05, 0) is 25.7 Å². The molecule has 0 aromatic heterocycles. The van der Waals surface area contributed by atoms with E-state index in [-0.39, 0.29) is 26.4 Å². The minimum absolute atomic E-state index is 0.0648. The van der Waals surface area contributed by atoms with Crippen LogP contribution in [0.1, 0.15) is 51.4 Å². The molecule has 0 N–H and O–H groups in total. The molecule has 0 radical (unpaired) electrons. The Bertz CT molecular complexity index is 497. The molecule has 2 saturated carbocycles. The predicted octanol–water partition coefficient (Wildman–Crippen LogP) is 1.79. The van der Waals surface area contributed by atoms with Crippen molar-refractivity contribution in [1.82, 2.24) is 0 Å². The average Bonchev–Trinajstić information content (AvgIpc) is 2.73. The minimum Gasteiger partial charge on any atom is -0.462 e. The summed E-state index contributed by atoms with van der Waals surface area (Å²) in [6.07, 6.45) is 5.65. The molecule has 8 nitrogen and oxygen atoms in total. The molecule has 0 amide bonds. The van der Waals surface area contributed by atoms with E-state index in [1.54, 1.807) is 0 Å². The Kier molecular flexibility index (Phi) is 7.28. The Morgan fingerprint density at radius 1 is 0.429 bits per heavy atom. The molecule has 1 saturated heterocycles. The number of carbonyl (C=O) groups excluding carboxylic acids is 4. The van der Waals surface area contributed by atoms with E-state index in [9.17, 15) is 19.2 Å². The lowest BCUT2D eigenvalue weighted by Crippen LogP contribution is -2.38. The van der Waals surface area contributed by atoms with Crippen molar-refractivity contribution in [2.75, 3.05) is 26.4 Å². The van der Waals surface area contributed by atoms with Crippen molar-refractivity contribution in [2.45, 2.75) is 51.4 Å². The lowest BCUT2D eigenvalue weighted by Gasteiger charge is -2.29. The fourth-order valence-electron chi connectivity index (χ4n) is 4.39. The number of cyclic esters (lactones) is 4. The van der Waals surface area contributed by atoms with E-state index >= 15 is 0 Å². The molecule has 2 aliphatic carbocycles. The van der Waals surface area contributed by atoms with Crippen molar-refractivity contribution in [3.05, 3.63) is 0 Å². The first-order valence-corrected chi connectivity index (χ1v) is 10.2. The quantitative estimate of drug-likeness (QED) is 0.451. The number of carbonyl (C=O) groups is 4. The van der Waals surface area contributed by atoms with Crippen LogP contribution in [0.25, 0.3) is 0 Å². The first-order valence-electron chi connectivity index (χ1n) is 10.2. The summed E-state index contributed by atoms with van der Waals surface area (Å²) in [5.41, 5.74) is 0. The van der Waals surface area contributed by atoms with Gasteiger partial charge in [-0.2, -0.15) is 0 Å². The molecule has 4 unspecified atom stereocenters. The summed E-state index contributed by atoms with van der Waals surface area (Å²) in [5.74, 6) is -3.99. The standard InChI is InChI=1S/C20H28O8/c21-17-13-5-1-2-6-14(13)18(22)26-11-12-28-20(24)16-8-4-3-7-15(16)19(23)27-10-9-25-17/h13-16H,1-12H2. The van der Waals surface area contributed by atoms with Gasteiger partial charge in [0.15, 0.2) is 0 Å². The molecule has 1 aliphatic heterocycles. The number of rotatable bonds is 0. The third-order valence-corrected chi connectivity index (χ3v) is 5.89. The second-order valence-electron chi connectivity index (χ2n) is 7.66. The second kappa shape index (κ2) is 9.89. The van der Waals surface area contributed by atoms with Gasteiger partial charge in [-0.3, -0.25) is 19.2 Å². The van der Waals surface area contributed by atoms with Crippen molar-refractivity contribution in [2.24, 2.45) is 23.7 Å². The van der Waals surface area contributed by atoms with Crippen molar-refractivity contribution in [3.8, 4) is 0 Å². The molecule has 0 spiro atoms. The van der Waals surface area contributed by atoms with E-state index in [0.29, 0.717) is 25.7 Å². The van der Waals surface area contributed by atoms with Gasteiger partial charge in [-0.1, -0.05) is 25.7 Å². The average molecular weight is 396 g/mol. The number of ether oxygens (including phenoxy) is 4. The van der Waals surface area contributed by atoms with Crippen LogP contribution in [0, 0.1) is 23.7 Å². The summed E-state index contributed by atoms with van der Waals surface area (Å²) in [6.45, 7) is -0.259. The highest BCUT2D eigenvalue weighted by molar-refractivity contribution is 5.83. The third-order valence-electron chi connectivity index (χ3n) is 5.89. The van der Waals surface area contributed by atoms with Crippen LogP contribution in [0.5, 0.6) is 0 Å². The Hall–Kier alpha value is -2.12. The molecule has 156 valence electrons. The number of fused-ring (bicyclic) bond motifs is 2. The van der Waals surface area contributed by atoms with Crippen molar-refractivity contribution >= 4 is 23.9 Å². The molecular formula is C20H28O8. The number of hydrogen-bond acceptors (Lipinski definition) is 8. The molecule has 0 aromatic rings. The summed E-state index contributed by atoms with van der Waals surface area (Å²) in [4.78, 5) is 49.6. The van der Waals surface area contributed by atoms with Gasteiger partial charge in [0.05, 0.1) is 23.7 Å². The van der Waals surface area contributed by atoms with Crippen LogP contribution in [-0.4, -0.2) is 50.3 Å². The summed E-state index contributed by atoms with van der Waals surface area (Å²) in [5, 5.41) is 0. The summed E-state index contributed by atoms with van der Waals surface area (Å²) >= 11 is 0. The van der Waals surface area contributed by atoms with E-state index in [1.807, 2.05) is 0 Å². The van der Waals surface area contributed by atoms with Gasteiger partial charge in [-0.15, -0.1) is 0 Å². The molecular weight excluding hydrogens is 368 g/mol. The third kappa shape index (κ3) is 5.02. The van der Waals surface area contributed by atoms with Crippen LogP contribution in [-0.2, 0) is 38.1 Å². The van der Waals surface area contributed by atoms with Crippen LogP contribution in [0.4, 0.5) is 0 Å².